The van der Waals surface area contributed by atoms with E-state index in [4.69, 9.17) is 11.5 Å². The maximum absolute atomic E-state index is 10.9. The lowest BCUT2D eigenvalue weighted by Crippen LogP contribution is -2.18. The third-order valence-electron chi connectivity index (χ3n) is 2.55. The van der Waals surface area contributed by atoms with Crippen LogP contribution >= 0.6 is 0 Å². The standard InChI is InChI=1S/C13H14N2O4/c1-3-5-10(4-2)14-11-8-9(13(16)17)6-7-12(11)15(18)19/h2,6-8,10,14H,3,5H2,1H3,(H,16,17). The van der Waals surface area contributed by atoms with Gasteiger partial charge < -0.3 is 10.4 Å². The van der Waals surface area contributed by atoms with Crippen LogP contribution in [-0.4, -0.2) is 22.0 Å². The second-order valence-corrected chi connectivity index (χ2v) is 3.95. The fourth-order valence-corrected chi connectivity index (χ4v) is 1.62. The summed E-state index contributed by atoms with van der Waals surface area (Å²) in [5.74, 6) is 1.34. The Bertz CT molecular complexity index is 534. The molecule has 1 aromatic carbocycles. The molecular formula is C13H14N2O4. The van der Waals surface area contributed by atoms with Gasteiger partial charge in [0.05, 0.1) is 16.5 Å². The lowest BCUT2D eigenvalue weighted by molar-refractivity contribution is -0.384. The van der Waals surface area contributed by atoms with Crippen molar-refractivity contribution < 1.29 is 14.8 Å². The SMILES string of the molecule is C#CC(CCC)Nc1cc(C(=O)O)ccc1[N+](=O)[O-]. The lowest BCUT2D eigenvalue weighted by atomic mass is 10.1. The van der Waals surface area contributed by atoms with Crippen LogP contribution in [-0.2, 0) is 0 Å². The molecule has 1 aromatic rings. The van der Waals surface area contributed by atoms with Gasteiger partial charge in [-0.25, -0.2) is 4.79 Å². The van der Waals surface area contributed by atoms with E-state index in [2.05, 4.69) is 11.2 Å². The van der Waals surface area contributed by atoms with Gasteiger partial charge in [0.2, 0.25) is 0 Å². The number of hydrogen-bond donors (Lipinski definition) is 2. The van der Waals surface area contributed by atoms with Crippen molar-refractivity contribution in [1.29, 1.82) is 0 Å². The number of nitro groups is 1. The third-order valence-corrected chi connectivity index (χ3v) is 2.55. The van der Waals surface area contributed by atoms with E-state index in [1.165, 1.54) is 12.1 Å². The fraction of sp³-hybridized carbons (Fsp3) is 0.308. The second kappa shape index (κ2) is 6.40. The molecule has 0 heterocycles. The van der Waals surface area contributed by atoms with Gasteiger partial charge in [0.25, 0.3) is 5.69 Å². The highest BCUT2D eigenvalue weighted by atomic mass is 16.6. The van der Waals surface area contributed by atoms with E-state index in [0.717, 1.165) is 12.5 Å². The van der Waals surface area contributed by atoms with Gasteiger partial charge in [-0.05, 0) is 18.6 Å². The predicted octanol–water partition coefficient (Wildman–Crippen LogP) is 2.51. The molecule has 100 valence electrons. The minimum atomic E-state index is -1.15. The average molecular weight is 262 g/mol. The lowest BCUT2D eigenvalue weighted by Gasteiger charge is -2.14. The fourth-order valence-electron chi connectivity index (χ4n) is 1.62. The molecule has 0 spiro atoms. The number of hydrogen-bond acceptors (Lipinski definition) is 4. The molecule has 1 rings (SSSR count). The van der Waals surface area contributed by atoms with Crippen molar-refractivity contribution in [3.05, 3.63) is 33.9 Å². The molecule has 0 saturated heterocycles. The first-order valence-electron chi connectivity index (χ1n) is 5.74. The van der Waals surface area contributed by atoms with Crippen LogP contribution in [0.25, 0.3) is 0 Å². The minimum absolute atomic E-state index is 0.0274. The molecule has 2 N–H and O–H groups in total. The molecule has 6 heteroatoms. The summed E-state index contributed by atoms with van der Waals surface area (Å²) < 4.78 is 0. The number of aromatic carboxylic acids is 1. The van der Waals surface area contributed by atoms with E-state index in [1.54, 1.807) is 0 Å². The maximum Gasteiger partial charge on any atom is 0.335 e. The van der Waals surface area contributed by atoms with Crippen molar-refractivity contribution in [2.24, 2.45) is 0 Å². The molecule has 1 unspecified atom stereocenters. The Balaban J connectivity index is 3.14. The zero-order valence-corrected chi connectivity index (χ0v) is 10.4. The van der Waals surface area contributed by atoms with Gasteiger partial charge in [0.1, 0.15) is 5.69 Å². The Morgan fingerprint density at radius 1 is 1.63 bits per heavy atom. The van der Waals surface area contributed by atoms with Crippen molar-refractivity contribution in [2.75, 3.05) is 5.32 Å². The van der Waals surface area contributed by atoms with Crippen LogP contribution in [0.1, 0.15) is 30.1 Å². The smallest absolute Gasteiger partial charge is 0.335 e. The van der Waals surface area contributed by atoms with Gasteiger partial charge in [-0.15, -0.1) is 6.42 Å². The Morgan fingerprint density at radius 2 is 2.32 bits per heavy atom. The summed E-state index contributed by atoms with van der Waals surface area (Å²) in [4.78, 5) is 21.2. The zero-order valence-electron chi connectivity index (χ0n) is 10.4. The van der Waals surface area contributed by atoms with Gasteiger partial charge in [-0.3, -0.25) is 10.1 Å². The predicted molar refractivity (Wildman–Crippen MR) is 71.2 cm³/mol. The topological polar surface area (TPSA) is 92.5 Å². The summed E-state index contributed by atoms with van der Waals surface area (Å²) in [6.45, 7) is 1.94. The number of anilines is 1. The Morgan fingerprint density at radius 3 is 2.79 bits per heavy atom. The van der Waals surface area contributed by atoms with Crippen LogP contribution in [0.4, 0.5) is 11.4 Å². The van der Waals surface area contributed by atoms with Crippen molar-refractivity contribution >= 4 is 17.3 Å². The number of nitrogens with zero attached hydrogens (tertiary/aromatic N) is 1. The third kappa shape index (κ3) is 3.71. The molecule has 19 heavy (non-hydrogen) atoms. The van der Waals surface area contributed by atoms with Crippen molar-refractivity contribution in [1.82, 2.24) is 0 Å². The van der Waals surface area contributed by atoms with Crippen LogP contribution in [0, 0.1) is 22.5 Å². The maximum atomic E-state index is 10.9. The van der Waals surface area contributed by atoms with Gasteiger partial charge in [0.15, 0.2) is 0 Å². The highest BCUT2D eigenvalue weighted by Crippen LogP contribution is 2.26. The number of benzene rings is 1. The molecule has 0 saturated carbocycles. The summed E-state index contributed by atoms with van der Waals surface area (Å²) in [7, 11) is 0. The Labute approximate surface area is 110 Å². The first-order valence-corrected chi connectivity index (χ1v) is 5.74. The summed E-state index contributed by atoms with van der Waals surface area (Å²) >= 11 is 0. The summed E-state index contributed by atoms with van der Waals surface area (Å²) in [5, 5.41) is 22.6. The molecule has 0 bridgehead atoms. The number of nitrogens with one attached hydrogen (secondary N) is 1. The van der Waals surface area contributed by atoms with Crippen LogP contribution in [0.3, 0.4) is 0 Å². The van der Waals surface area contributed by atoms with Gasteiger partial charge in [-0.2, -0.15) is 0 Å². The number of carboxylic acids is 1. The van der Waals surface area contributed by atoms with Gasteiger partial charge in [0, 0.05) is 6.07 Å². The van der Waals surface area contributed by atoms with E-state index in [-0.39, 0.29) is 23.0 Å². The Kier molecular flexibility index (Phi) is 4.89. The second-order valence-electron chi connectivity index (χ2n) is 3.95. The van der Waals surface area contributed by atoms with Gasteiger partial charge >= 0.3 is 5.97 Å². The molecule has 1 atom stereocenters. The molecule has 0 aromatic heterocycles. The van der Waals surface area contributed by atoms with E-state index in [0.29, 0.717) is 6.42 Å². The highest BCUT2D eigenvalue weighted by Gasteiger charge is 2.18. The van der Waals surface area contributed by atoms with Crippen LogP contribution < -0.4 is 5.32 Å². The normalized spacial score (nSPS) is 11.4. The van der Waals surface area contributed by atoms with Crippen LogP contribution in [0.5, 0.6) is 0 Å². The number of rotatable bonds is 6. The quantitative estimate of drug-likeness (QED) is 0.467. The summed E-state index contributed by atoms with van der Waals surface area (Å²) in [6.07, 6.45) is 6.79. The van der Waals surface area contributed by atoms with Crippen molar-refractivity contribution in [3.63, 3.8) is 0 Å². The number of nitro benzene ring substituents is 1. The van der Waals surface area contributed by atoms with E-state index in [9.17, 15) is 14.9 Å². The number of carbonyl (C=O) groups is 1. The molecule has 0 radical (unpaired) electrons. The molecule has 0 amide bonds. The Hall–Kier alpha value is -2.55. The summed E-state index contributed by atoms with van der Waals surface area (Å²) in [6, 6.07) is 3.20. The molecule has 0 aliphatic carbocycles. The minimum Gasteiger partial charge on any atom is -0.478 e. The first kappa shape index (κ1) is 14.5. The van der Waals surface area contributed by atoms with Crippen LogP contribution in [0.15, 0.2) is 18.2 Å². The van der Waals surface area contributed by atoms with E-state index in [1.807, 2.05) is 6.92 Å². The van der Waals surface area contributed by atoms with Crippen molar-refractivity contribution in [3.8, 4) is 12.3 Å². The number of carboxylic acid groups (broad SMARTS) is 1. The molecule has 0 aliphatic heterocycles. The summed E-state index contributed by atoms with van der Waals surface area (Å²) in [5.41, 5.74) is -0.0944. The molecular weight excluding hydrogens is 248 g/mol. The molecule has 0 aliphatic rings. The van der Waals surface area contributed by atoms with E-state index >= 15 is 0 Å². The largest absolute Gasteiger partial charge is 0.478 e. The highest BCUT2D eigenvalue weighted by molar-refractivity contribution is 5.90. The van der Waals surface area contributed by atoms with Gasteiger partial charge in [-0.1, -0.05) is 19.3 Å². The molecule has 6 nitrogen and oxygen atoms in total. The molecule has 0 fully saturated rings. The average Bonchev–Trinajstić information content (AvgIpc) is 2.37. The van der Waals surface area contributed by atoms with Crippen LogP contribution in [0.2, 0.25) is 0 Å². The monoisotopic (exact) mass is 262 g/mol. The first-order chi connectivity index (χ1) is 8.99. The number of terminal acetylenes is 1. The zero-order chi connectivity index (χ0) is 14.4. The van der Waals surface area contributed by atoms with Crippen molar-refractivity contribution in [2.45, 2.75) is 25.8 Å². The van der Waals surface area contributed by atoms with E-state index < -0.39 is 10.9 Å².